The van der Waals surface area contributed by atoms with E-state index in [0.29, 0.717) is 25.7 Å². The largest absolute Gasteiger partial charge is 0.472 e. The molecule has 3 unspecified atom stereocenters. The number of aliphatic hydroxyl groups excluding tert-OH is 1. The quantitative estimate of drug-likeness (QED) is 0.0222. The van der Waals surface area contributed by atoms with Crippen LogP contribution in [0.25, 0.3) is 0 Å². The topological polar surface area (TPSA) is 237 Å². The molecule has 0 heterocycles. The number of phosphoric ester groups is 2. The van der Waals surface area contributed by atoms with Crippen molar-refractivity contribution in [3.63, 3.8) is 0 Å². The molecule has 0 aliphatic heterocycles. The second-order valence-electron chi connectivity index (χ2n) is 26.2. The van der Waals surface area contributed by atoms with Crippen LogP contribution in [-0.4, -0.2) is 96.7 Å². The van der Waals surface area contributed by atoms with Gasteiger partial charge in [0.2, 0.25) is 0 Å². The molecule has 0 aromatic rings. The van der Waals surface area contributed by atoms with Crippen LogP contribution in [0.3, 0.4) is 0 Å². The lowest BCUT2D eigenvalue weighted by Crippen LogP contribution is -2.30. The van der Waals surface area contributed by atoms with Gasteiger partial charge in [0.05, 0.1) is 26.4 Å². The zero-order valence-corrected chi connectivity index (χ0v) is 58.4. The van der Waals surface area contributed by atoms with Crippen LogP contribution in [-0.2, 0) is 65.4 Å². The number of esters is 4. The number of unbranched alkanes of at least 4 members (excludes halogenated alkanes) is 30. The van der Waals surface area contributed by atoms with Gasteiger partial charge in [0.25, 0.3) is 0 Å². The standard InChI is InChI=1S/C68H132O17P2/c1-9-61(8)47-39-31-26-27-33-41-49-66(71)79-55-64(85-68(73)51-43-35-25-19-17-22-30-38-46-60(6)7)57-83-87(76,77)81-53-62(69)52-80-86(74,75)82-56-63(54-78-65(70)48-40-32-23-18-16-21-29-37-45-59(4)5)84-67(72)50-42-34-24-15-13-11-10-12-14-20-28-36-44-58(2)3/h58-64,69H,9-57H2,1-8H3,(H,74,75)(H,76,77)/t61?,62-,63-,64-/m1/s1. The minimum Gasteiger partial charge on any atom is -0.462 e. The van der Waals surface area contributed by atoms with Crippen molar-refractivity contribution < 1.29 is 80.2 Å². The maximum absolute atomic E-state index is 13.0. The minimum atomic E-state index is -4.95. The highest BCUT2D eigenvalue weighted by Gasteiger charge is 2.30. The van der Waals surface area contributed by atoms with Gasteiger partial charge < -0.3 is 33.8 Å². The summed E-state index contributed by atoms with van der Waals surface area (Å²) in [4.78, 5) is 72.4. The fourth-order valence-electron chi connectivity index (χ4n) is 10.1. The van der Waals surface area contributed by atoms with Crippen molar-refractivity contribution in [1.29, 1.82) is 0 Å². The minimum absolute atomic E-state index is 0.103. The number of hydrogen-bond acceptors (Lipinski definition) is 15. The molecular formula is C68H132O17P2. The highest BCUT2D eigenvalue weighted by molar-refractivity contribution is 7.47. The first-order valence-electron chi connectivity index (χ1n) is 35.2. The molecule has 87 heavy (non-hydrogen) atoms. The van der Waals surface area contributed by atoms with Gasteiger partial charge >= 0.3 is 39.5 Å². The van der Waals surface area contributed by atoms with Crippen LogP contribution in [0.15, 0.2) is 0 Å². The van der Waals surface area contributed by atoms with Crippen molar-refractivity contribution in [2.24, 2.45) is 23.7 Å². The number of phosphoric acid groups is 2. The fourth-order valence-corrected chi connectivity index (χ4v) is 11.7. The van der Waals surface area contributed by atoms with Crippen molar-refractivity contribution in [3.05, 3.63) is 0 Å². The molecule has 3 N–H and O–H groups in total. The zero-order valence-electron chi connectivity index (χ0n) is 56.6. The molecule has 0 spiro atoms. The van der Waals surface area contributed by atoms with Crippen molar-refractivity contribution in [1.82, 2.24) is 0 Å². The predicted molar refractivity (Wildman–Crippen MR) is 349 cm³/mol. The molecule has 0 aromatic carbocycles. The lowest BCUT2D eigenvalue weighted by Gasteiger charge is -2.21. The summed E-state index contributed by atoms with van der Waals surface area (Å²) in [5.74, 6) is 0.817. The van der Waals surface area contributed by atoms with E-state index in [1.807, 2.05) is 0 Å². The average molecular weight is 1280 g/mol. The summed E-state index contributed by atoms with van der Waals surface area (Å²) < 4.78 is 68.2. The highest BCUT2D eigenvalue weighted by Crippen LogP contribution is 2.45. The molecule has 0 fully saturated rings. The number of carbonyl (C=O) groups is 4. The predicted octanol–water partition coefficient (Wildman–Crippen LogP) is 18.9. The third-order valence-corrected chi connectivity index (χ3v) is 17.8. The molecule has 0 aromatic heterocycles. The van der Waals surface area contributed by atoms with Gasteiger partial charge in [-0.1, -0.05) is 280 Å². The smallest absolute Gasteiger partial charge is 0.462 e. The molecule has 0 saturated heterocycles. The normalized spacial score (nSPS) is 14.6. The zero-order chi connectivity index (χ0) is 64.7. The van der Waals surface area contributed by atoms with Crippen LogP contribution in [0.1, 0.15) is 331 Å². The van der Waals surface area contributed by atoms with Gasteiger partial charge in [0, 0.05) is 25.7 Å². The molecule has 516 valence electrons. The van der Waals surface area contributed by atoms with Crippen molar-refractivity contribution in [3.8, 4) is 0 Å². The van der Waals surface area contributed by atoms with E-state index < -0.39 is 97.5 Å². The van der Waals surface area contributed by atoms with Gasteiger partial charge in [-0.05, 0) is 49.4 Å². The Bertz CT molecular complexity index is 1730. The van der Waals surface area contributed by atoms with Crippen LogP contribution in [0.2, 0.25) is 0 Å². The first-order chi connectivity index (χ1) is 41.6. The van der Waals surface area contributed by atoms with Crippen molar-refractivity contribution in [2.75, 3.05) is 39.6 Å². The van der Waals surface area contributed by atoms with Crippen LogP contribution < -0.4 is 0 Å². The van der Waals surface area contributed by atoms with E-state index in [4.69, 9.17) is 37.0 Å². The number of aliphatic hydroxyl groups is 1. The van der Waals surface area contributed by atoms with E-state index in [2.05, 4.69) is 55.4 Å². The number of ether oxygens (including phenoxy) is 4. The van der Waals surface area contributed by atoms with E-state index in [1.54, 1.807) is 0 Å². The van der Waals surface area contributed by atoms with Gasteiger partial charge in [0.15, 0.2) is 12.2 Å². The summed E-state index contributed by atoms with van der Waals surface area (Å²) in [6.45, 7) is 14.0. The highest BCUT2D eigenvalue weighted by atomic mass is 31.2. The summed E-state index contributed by atoms with van der Waals surface area (Å²) >= 11 is 0. The lowest BCUT2D eigenvalue weighted by molar-refractivity contribution is -0.161. The number of hydrogen-bond donors (Lipinski definition) is 3. The van der Waals surface area contributed by atoms with Crippen molar-refractivity contribution in [2.45, 2.75) is 350 Å². The van der Waals surface area contributed by atoms with E-state index in [9.17, 15) is 43.2 Å². The van der Waals surface area contributed by atoms with Gasteiger partial charge in [-0.2, -0.15) is 0 Å². The first kappa shape index (κ1) is 85.1. The Morgan fingerprint density at radius 2 is 0.552 bits per heavy atom. The summed E-state index contributed by atoms with van der Waals surface area (Å²) in [6, 6.07) is 0. The maximum Gasteiger partial charge on any atom is 0.472 e. The molecule has 0 saturated carbocycles. The molecular weight excluding hydrogens is 1150 g/mol. The Balaban J connectivity index is 5.26. The molecule has 0 amide bonds. The average Bonchev–Trinajstić information content (AvgIpc) is 3.68. The summed E-state index contributed by atoms with van der Waals surface area (Å²) in [5.41, 5.74) is 0. The molecule has 19 heteroatoms. The Labute approximate surface area is 530 Å². The van der Waals surface area contributed by atoms with E-state index in [1.165, 1.54) is 128 Å². The van der Waals surface area contributed by atoms with Crippen LogP contribution in [0.4, 0.5) is 0 Å². The SMILES string of the molecule is CCC(C)CCCCCCCCC(=O)OC[C@H](COP(=O)(O)OC[C@H](O)COP(=O)(O)OC[C@@H](COC(=O)CCCCCCCCCCC(C)C)OC(=O)CCCCCCCCCCCCCCC(C)C)OC(=O)CCCCCCCCCCC(C)C. The second-order valence-corrected chi connectivity index (χ2v) is 29.1. The number of rotatable bonds is 65. The molecule has 17 nitrogen and oxygen atoms in total. The summed E-state index contributed by atoms with van der Waals surface area (Å²) in [5, 5.41) is 10.6. The first-order valence-corrected chi connectivity index (χ1v) is 38.2. The molecule has 0 aliphatic carbocycles. The molecule has 0 radical (unpaired) electrons. The Morgan fingerprint density at radius 1 is 0.322 bits per heavy atom. The van der Waals surface area contributed by atoms with Gasteiger partial charge in [-0.3, -0.25) is 37.3 Å². The van der Waals surface area contributed by atoms with E-state index >= 15 is 0 Å². The van der Waals surface area contributed by atoms with Gasteiger partial charge in [-0.15, -0.1) is 0 Å². The van der Waals surface area contributed by atoms with Crippen molar-refractivity contribution >= 4 is 39.5 Å². The lowest BCUT2D eigenvalue weighted by atomic mass is 10.00. The Kier molecular flexibility index (Phi) is 56.6. The second kappa shape index (κ2) is 57.9. The Morgan fingerprint density at radius 3 is 0.816 bits per heavy atom. The van der Waals surface area contributed by atoms with Crippen LogP contribution in [0.5, 0.6) is 0 Å². The van der Waals surface area contributed by atoms with Crippen LogP contribution >= 0.6 is 15.6 Å². The maximum atomic E-state index is 13.0. The van der Waals surface area contributed by atoms with Crippen LogP contribution in [0, 0.1) is 23.7 Å². The molecule has 0 rings (SSSR count). The summed E-state index contributed by atoms with van der Waals surface area (Å²) in [6.07, 6.45) is 39.0. The molecule has 6 atom stereocenters. The third-order valence-electron chi connectivity index (χ3n) is 15.9. The van der Waals surface area contributed by atoms with Gasteiger partial charge in [0.1, 0.15) is 19.3 Å². The fraction of sp³-hybridized carbons (Fsp3) is 0.941. The molecule has 0 aliphatic rings. The van der Waals surface area contributed by atoms with E-state index in [0.717, 1.165) is 120 Å². The van der Waals surface area contributed by atoms with Gasteiger partial charge in [-0.25, -0.2) is 9.13 Å². The monoisotopic (exact) mass is 1280 g/mol. The third kappa shape index (κ3) is 61.3. The molecule has 0 bridgehead atoms. The Hall–Kier alpha value is -1.94. The number of carbonyl (C=O) groups excluding carboxylic acids is 4. The van der Waals surface area contributed by atoms with E-state index in [-0.39, 0.29) is 25.7 Å². The summed E-state index contributed by atoms with van der Waals surface area (Å²) in [7, 11) is -9.90.